The van der Waals surface area contributed by atoms with Gasteiger partial charge in [-0.1, -0.05) is 13.0 Å². The SMILES string of the molecule is Cc1cc2ccccc2[cH-]1.[C-]1=CC=CC1.[F-].[F-].[Zr+4]. The van der Waals surface area contributed by atoms with Crippen LogP contribution in [-0.2, 0) is 26.2 Å². The van der Waals surface area contributed by atoms with Gasteiger partial charge in [-0.2, -0.15) is 12.1 Å². The molecule has 3 rings (SSSR count). The van der Waals surface area contributed by atoms with Crippen LogP contribution >= 0.6 is 0 Å². The summed E-state index contributed by atoms with van der Waals surface area (Å²) in [5, 5.41) is 2.69. The molecule has 0 saturated carbocycles. The maximum atomic E-state index is 2.99. The van der Waals surface area contributed by atoms with Crippen molar-refractivity contribution in [3.05, 3.63) is 66.3 Å². The van der Waals surface area contributed by atoms with Gasteiger partial charge in [0.25, 0.3) is 0 Å². The van der Waals surface area contributed by atoms with Crippen molar-refractivity contribution in [3.8, 4) is 0 Å². The Labute approximate surface area is 126 Å². The van der Waals surface area contributed by atoms with Crippen LogP contribution in [0.2, 0.25) is 0 Å². The number of fused-ring (bicyclic) bond motifs is 1. The molecule has 0 atom stereocenters. The van der Waals surface area contributed by atoms with E-state index in [0.29, 0.717) is 0 Å². The van der Waals surface area contributed by atoms with E-state index in [-0.39, 0.29) is 35.6 Å². The Kier molecular flexibility index (Phi) is 10.8. The van der Waals surface area contributed by atoms with E-state index in [1.165, 1.54) is 16.3 Å². The van der Waals surface area contributed by atoms with Gasteiger partial charge in [0.1, 0.15) is 0 Å². The van der Waals surface area contributed by atoms with Crippen LogP contribution in [-0.4, -0.2) is 0 Å². The number of hydrogen-bond acceptors (Lipinski definition) is 0. The Morgan fingerprint density at radius 2 is 1.89 bits per heavy atom. The van der Waals surface area contributed by atoms with E-state index >= 15 is 0 Å². The first kappa shape index (κ1) is 19.4. The van der Waals surface area contributed by atoms with Crippen molar-refractivity contribution in [1.29, 1.82) is 0 Å². The Morgan fingerprint density at radius 3 is 2.39 bits per heavy atom. The van der Waals surface area contributed by atoms with Gasteiger partial charge in [-0.05, 0) is 0 Å². The summed E-state index contributed by atoms with van der Waals surface area (Å²) in [6.07, 6.45) is 10.0. The van der Waals surface area contributed by atoms with E-state index in [0.717, 1.165) is 6.42 Å². The fourth-order valence-corrected chi connectivity index (χ4v) is 1.65. The van der Waals surface area contributed by atoms with Gasteiger partial charge >= 0.3 is 26.2 Å². The molecule has 0 saturated heterocycles. The van der Waals surface area contributed by atoms with Crippen molar-refractivity contribution in [2.24, 2.45) is 0 Å². The average Bonchev–Trinajstić information content (AvgIpc) is 2.87. The summed E-state index contributed by atoms with van der Waals surface area (Å²) >= 11 is 0. The molecular formula is C15H14F2Zr. The third kappa shape index (κ3) is 5.59. The van der Waals surface area contributed by atoms with Gasteiger partial charge in [-0.15, -0.1) is 47.0 Å². The average molecular weight is 323 g/mol. The van der Waals surface area contributed by atoms with E-state index in [4.69, 9.17) is 0 Å². The predicted molar refractivity (Wildman–Crippen MR) is 65.8 cm³/mol. The molecule has 0 unspecified atom stereocenters. The summed E-state index contributed by atoms with van der Waals surface area (Å²) in [5.74, 6) is 0. The van der Waals surface area contributed by atoms with Crippen LogP contribution in [0.25, 0.3) is 10.8 Å². The smallest absolute Gasteiger partial charge is 1.00 e. The molecule has 0 bridgehead atoms. The zero-order chi connectivity index (χ0) is 10.5. The first-order valence-corrected chi connectivity index (χ1v) is 5.20. The minimum Gasteiger partial charge on any atom is -1.00 e. The summed E-state index contributed by atoms with van der Waals surface area (Å²) in [6, 6.07) is 12.8. The summed E-state index contributed by atoms with van der Waals surface area (Å²) in [7, 11) is 0. The number of allylic oxidation sites excluding steroid dienone is 4. The quantitative estimate of drug-likeness (QED) is 0.501. The van der Waals surface area contributed by atoms with E-state index in [1.807, 2.05) is 12.2 Å². The Hall–Kier alpha value is -0.947. The molecule has 0 fully saturated rings. The fourth-order valence-electron chi connectivity index (χ4n) is 1.65. The second-order valence-corrected chi connectivity index (χ2v) is 3.66. The Bertz CT molecular complexity index is 455. The third-order valence-corrected chi connectivity index (χ3v) is 2.35. The van der Waals surface area contributed by atoms with Gasteiger partial charge in [0.15, 0.2) is 0 Å². The molecule has 1 aliphatic carbocycles. The summed E-state index contributed by atoms with van der Waals surface area (Å²) in [6.45, 7) is 2.12. The maximum absolute atomic E-state index is 2.99. The standard InChI is InChI=1S/C10H9.C5H5.2FH.Zr/c1-8-6-9-4-2-3-5-10(9)7-8;1-2-4-5-3-1;;;/h2-7H,1H3;1-3H,4H2;2*1H;/q2*-1;;;+4/p-2. The fraction of sp³-hybridized carbons (Fsp3) is 0.133. The topological polar surface area (TPSA) is 0 Å². The van der Waals surface area contributed by atoms with Gasteiger partial charge < -0.3 is 9.41 Å². The van der Waals surface area contributed by atoms with Gasteiger partial charge in [0.2, 0.25) is 0 Å². The first-order chi connectivity index (χ1) is 7.36. The van der Waals surface area contributed by atoms with Crippen LogP contribution in [0.1, 0.15) is 12.0 Å². The molecule has 0 amide bonds. The number of hydrogen-bond donors (Lipinski definition) is 0. The number of halogens is 2. The van der Waals surface area contributed by atoms with Gasteiger partial charge in [-0.25, -0.2) is 12.2 Å². The maximum Gasteiger partial charge on any atom is 4.00 e. The van der Waals surface area contributed by atoms with Crippen molar-refractivity contribution < 1.29 is 35.6 Å². The zero-order valence-corrected chi connectivity index (χ0v) is 12.6. The molecule has 2 aromatic rings. The molecule has 2 aromatic carbocycles. The van der Waals surface area contributed by atoms with Gasteiger partial charge in [-0.3, -0.25) is 6.08 Å². The number of benzene rings is 1. The Balaban J connectivity index is 0. The molecule has 0 nitrogen and oxygen atoms in total. The molecule has 0 radical (unpaired) electrons. The second-order valence-electron chi connectivity index (χ2n) is 3.66. The molecule has 0 N–H and O–H groups in total. The van der Waals surface area contributed by atoms with Crippen LogP contribution in [0.15, 0.2) is 54.6 Å². The molecular weight excluding hydrogens is 309 g/mol. The number of rotatable bonds is 0. The monoisotopic (exact) mass is 322 g/mol. The van der Waals surface area contributed by atoms with Crippen molar-refractivity contribution in [1.82, 2.24) is 0 Å². The summed E-state index contributed by atoms with van der Waals surface area (Å²) in [5.41, 5.74) is 1.35. The predicted octanol–water partition coefficient (Wildman–Crippen LogP) is -1.82. The third-order valence-electron chi connectivity index (χ3n) is 2.35. The van der Waals surface area contributed by atoms with Crippen molar-refractivity contribution in [3.63, 3.8) is 0 Å². The minimum atomic E-state index is 0. The van der Waals surface area contributed by atoms with Crippen LogP contribution < -0.4 is 9.41 Å². The molecule has 0 heterocycles. The molecule has 0 aliphatic heterocycles. The van der Waals surface area contributed by atoms with Crippen LogP contribution in [0.5, 0.6) is 0 Å². The normalized spacial score (nSPS) is 10.7. The molecule has 3 heteroatoms. The van der Waals surface area contributed by atoms with Gasteiger partial charge in [0, 0.05) is 0 Å². The van der Waals surface area contributed by atoms with E-state index < -0.39 is 0 Å². The van der Waals surface area contributed by atoms with Crippen molar-refractivity contribution in [2.75, 3.05) is 0 Å². The van der Waals surface area contributed by atoms with Crippen LogP contribution in [0.4, 0.5) is 0 Å². The summed E-state index contributed by atoms with van der Waals surface area (Å²) < 4.78 is 0. The van der Waals surface area contributed by atoms with Crippen molar-refractivity contribution >= 4 is 10.8 Å². The first-order valence-electron chi connectivity index (χ1n) is 5.20. The van der Waals surface area contributed by atoms with Crippen LogP contribution in [0, 0.1) is 13.0 Å². The van der Waals surface area contributed by atoms with Gasteiger partial charge in [0.05, 0.1) is 0 Å². The minimum absolute atomic E-state index is 0. The molecule has 1 aliphatic rings. The Morgan fingerprint density at radius 1 is 1.17 bits per heavy atom. The van der Waals surface area contributed by atoms with Crippen LogP contribution in [0.3, 0.4) is 0 Å². The second kappa shape index (κ2) is 10.0. The molecule has 0 spiro atoms. The zero-order valence-electron chi connectivity index (χ0n) is 10.2. The summed E-state index contributed by atoms with van der Waals surface area (Å²) in [4.78, 5) is 0. The van der Waals surface area contributed by atoms with E-state index in [9.17, 15) is 0 Å². The van der Waals surface area contributed by atoms with Crippen molar-refractivity contribution in [2.45, 2.75) is 13.3 Å². The van der Waals surface area contributed by atoms with E-state index in [1.54, 1.807) is 0 Å². The number of aryl methyl sites for hydroxylation is 1. The molecule has 0 aromatic heterocycles. The molecule has 92 valence electrons. The molecule has 18 heavy (non-hydrogen) atoms. The van der Waals surface area contributed by atoms with E-state index in [2.05, 4.69) is 55.5 Å². The largest absolute Gasteiger partial charge is 4.00 e.